The fraction of sp³-hybridized carbons (Fsp3) is 0.267. The van der Waals surface area contributed by atoms with Gasteiger partial charge in [0.15, 0.2) is 0 Å². The van der Waals surface area contributed by atoms with Crippen LogP contribution < -0.4 is 20.5 Å². The number of pyridine rings is 1. The Morgan fingerprint density at radius 1 is 1.26 bits per heavy atom. The standard InChI is InChI=1S/C30H23F6N5O5S/c1-28(26(37)43)12-46-23-17(28)8-20(39-22(23)16-10-47-24-15(16)4-3-5-18(24)31)29(44,30(34,35)36)11-38-25(42)13-6-14-9-41(27(32)33)40-21(14)19(7-13)45-2/h3-10,27,44H,11-12H2,1-2H3,(H2,37,43)(H,38,42)/t28-,29?/m0/s1. The Kier molecular flexibility index (Phi) is 7.58. The molecular formula is C30H23F6N5O5S. The molecule has 2 atom stereocenters. The number of hydrogen-bond acceptors (Lipinski definition) is 8. The number of amides is 2. The van der Waals surface area contributed by atoms with Crippen LogP contribution in [0.1, 0.15) is 35.1 Å². The van der Waals surface area contributed by atoms with Gasteiger partial charge < -0.3 is 25.6 Å². The molecule has 17 heteroatoms. The molecule has 10 nitrogen and oxygen atoms in total. The quantitative estimate of drug-likeness (QED) is 0.192. The zero-order valence-corrected chi connectivity index (χ0v) is 25.1. The minimum atomic E-state index is -5.45. The maximum absolute atomic E-state index is 14.8. The number of alkyl halides is 5. The van der Waals surface area contributed by atoms with Crippen LogP contribution >= 0.6 is 11.3 Å². The zero-order valence-electron chi connectivity index (χ0n) is 24.3. The highest BCUT2D eigenvalue weighted by atomic mass is 32.1. The molecule has 5 aromatic rings. The van der Waals surface area contributed by atoms with Crippen molar-refractivity contribution in [2.24, 2.45) is 5.73 Å². The molecule has 0 spiro atoms. The molecule has 1 unspecified atom stereocenters. The molecule has 0 bridgehead atoms. The second kappa shape index (κ2) is 11.1. The van der Waals surface area contributed by atoms with Crippen molar-refractivity contribution in [2.45, 2.75) is 30.7 Å². The van der Waals surface area contributed by atoms with E-state index < -0.39 is 53.6 Å². The first kappa shape index (κ1) is 32.1. The van der Waals surface area contributed by atoms with Crippen molar-refractivity contribution in [3.8, 4) is 22.8 Å². The first-order valence-corrected chi connectivity index (χ1v) is 14.5. The minimum Gasteiger partial charge on any atom is -0.494 e. The molecule has 47 heavy (non-hydrogen) atoms. The third-order valence-electron chi connectivity index (χ3n) is 8.09. The van der Waals surface area contributed by atoms with Gasteiger partial charge in [-0.1, -0.05) is 12.1 Å². The number of rotatable bonds is 8. The summed E-state index contributed by atoms with van der Waals surface area (Å²) in [4.78, 5) is 29.8. The molecule has 2 amide bonds. The minimum absolute atomic E-state index is 0.0217. The first-order chi connectivity index (χ1) is 22.1. The second-order valence-electron chi connectivity index (χ2n) is 11.0. The van der Waals surface area contributed by atoms with Gasteiger partial charge in [0.1, 0.15) is 40.5 Å². The lowest BCUT2D eigenvalue weighted by molar-refractivity contribution is -0.265. The van der Waals surface area contributed by atoms with Crippen LogP contribution in [0.5, 0.6) is 11.5 Å². The summed E-state index contributed by atoms with van der Waals surface area (Å²) >= 11 is 0.963. The number of carbonyl (C=O) groups excluding carboxylic acids is 2. The lowest BCUT2D eigenvalue weighted by Gasteiger charge is -2.31. The van der Waals surface area contributed by atoms with E-state index >= 15 is 0 Å². The van der Waals surface area contributed by atoms with E-state index in [4.69, 9.17) is 15.2 Å². The molecule has 0 saturated heterocycles. The topological polar surface area (TPSA) is 142 Å². The summed E-state index contributed by atoms with van der Waals surface area (Å²) in [5.74, 6) is -2.81. The summed E-state index contributed by atoms with van der Waals surface area (Å²) in [6.07, 6.45) is -4.52. The van der Waals surface area contributed by atoms with Crippen molar-refractivity contribution in [2.75, 3.05) is 20.3 Å². The summed E-state index contributed by atoms with van der Waals surface area (Å²) in [6, 6.07) is 7.20. The molecule has 3 aromatic heterocycles. The number of halogens is 6. The zero-order chi connectivity index (χ0) is 34.1. The lowest BCUT2D eigenvalue weighted by atomic mass is 9.81. The normalized spacial score (nSPS) is 17.5. The third-order valence-corrected chi connectivity index (χ3v) is 9.10. The van der Waals surface area contributed by atoms with E-state index in [1.807, 2.05) is 5.32 Å². The molecule has 1 aliphatic rings. The van der Waals surface area contributed by atoms with E-state index in [0.29, 0.717) is 10.1 Å². The van der Waals surface area contributed by atoms with Crippen LogP contribution in [0.2, 0.25) is 0 Å². The average molecular weight is 680 g/mol. The summed E-state index contributed by atoms with van der Waals surface area (Å²) < 4.78 is 96.8. The molecule has 2 aromatic carbocycles. The molecule has 0 saturated carbocycles. The van der Waals surface area contributed by atoms with E-state index in [0.717, 1.165) is 35.7 Å². The van der Waals surface area contributed by atoms with E-state index in [-0.39, 0.29) is 56.1 Å². The van der Waals surface area contributed by atoms with Gasteiger partial charge in [0.05, 0.1) is 24.0 Å². The number of hydrogen-bond donors (Lipinski definition) is 3. The van der Waals surface area contributed by atoms with Crippen LogP contribution in [0.4, 0.5) is 26.3 Å². The van der Waals surface area contributed by atoms with E-state index in [9.17, 15) is 41.0 Å². The highest BCUT2D eigenvalue weighted by Gasteiger charge is 2.58. The van der Waals surface area contributed by atoms with Crippen molar-refractivity contribution >= 4 is 44.1 Å². The Morgan fingerprint density at radius 2 is 2.00 bits per heavy atom. The Hall–Kier alpha value is -4.90. The largest absolute Gasteiger partial charge is 0.494 e. The monoisotopic (exact) mass is 679 g/mol. The SMILES string of the molecule is COc1cc(C(=O)NCC(O)(c2cc3c(c(-c4csc5c(F)cccc45)n2)OC[C@]3(C)C(N)=O)C(F)(F)F)cc2cn(C(F)F)nc12. The molecule has 4 N–H and O–H groups in total. The van der Waals surface area contributed by atoms with Crippen molar-refractivity contribution in [1.82, 2.24) is 20.1 Å². The number of benzene rings is 2. The maximum Gasteiger partial charge on any atom is 0.424 e. The summed E-state index contributed by atoms with van der Waals surface area (Å²) in [5, 5.41) is 18.9. The van der Waals surface area contributed by atoms with Gasteiger partial charge in [0, 0.05) is 39.0 Å². The number of fused-ring (bicyclic) bond motifs is 3. The number of methoxy groups -OCH3 is 1. The van der Waals surface area contributed by atoms with Crippen molar-refractivity contribution in [3.05, 3.63) is 70.6 Å². The Bertz CT molecular complexity index is 2080. The molecule has 0 radical (unpaired) electrons. The second-order valence-corrected chi connectivity index (χ2v) is 11.9. The number of carbonyl (C=O) groups is 2. The van der Waals surface area contributed by atoms with Gasteiger partial charge in [0.2, 0.25) is 11.5 Å². The van der Waals surface area contributed by atoms with Gasteiger partial charge in [-0.05, 0) is 31.2 Å². The van der Waals surface area contributed by atoms with Crippen LogP contribution in [0, 0.1) is 5.82 Å². The molecule has 0 aliphatic carbocycles. The van der Waals surface area contributed by atoms with Gasteiger partial charge in [-0.3, -0.25) is 9.59 Å². The molecule has 1 aliphatic heterocycles. The molecular weight excluding hydrogens is 656 g/mol. The number of nitrogens with two attached hydrogens (primary N) is 1. The van der Waals surface area contributed by atoms with Crippen molar-refractivity contribution in [3.63, 3.8) is 0 Å². The van der Waals surface area contributed by atoms with Crippen LogP contribution in [-0.2, 0) is 15.8 Å². The highest BCUT2D eigenvalue weighted by molar-refractivity contribution is 7.17. The number of aliphatic hydroxyl groups is 1. The van der Waals surface area contributed by atoms with Crippen LogP contribution in [0.25, 0.3) is 32.2 Å². The summed E-state index contributed by atoms with van der Waals surface area (Å²) in [6.45, 7) is -3.47. The first-order valence-electron chi connectivity index (χ1n) is 13.7. The summed E-state index contributed by atoms with van der Waals surface area (Å²) in [7, 11) is 1.19. The van der Waals surface area contributed by atoms with E-state index in [1.165, 1.54) is 37.6 Å². The number of ether oxygens (including phenoxy) is 2. The van der Waals surface area contributed by atoms with Crippen molar-refractivity contribution < 1.29 is 50.5 Å². The number of nitrogens with zero attached hydrogens (tertiary/aromatic N) is 3. The average Bonchev–Trinajstić information content (AvgIpc) is 3.75. The van der Waals surface area contributed by atoms with Gasteiger partial charge in [-0.2, -0.15) is 27.1 Å². The van der Waals surface area contributed by atoms with Crippen molar-refractivity contribution in [1.29, 1.82) is 0 Å². The number of nitrogens with one attached hydrogen (secondary N) is 1. The smallest absolute Gasteiger partial charge is 0.424 e. The Labute approximate surface area is 264 Å². The Balaban J connectivity index is 1.45. The predicted octanol–water partition coefficient (Wildman–Crippen LogP) is 5.17. The van der Waals surface area contributed by atoms with Gasteiger partial charge in [-0.25, -0.2) is 14.1 Å². The fourth-order valence-corrected chi connectivity index (χ4v) is 6.30. The molecule has 6 rings (SSSR count). The third kappa shape index (κ3) is 5.09. The molecule has 4 heterocycles. The maximum atomic E-state index is 14.8. The number of primary amides is 1. The van der Waals surface area contributed by atoms with Crippen LogP contribution in [0.15, 0.2) is 48.0 Å². The fourth-order valence-electron chi connectivity index (χ4n) is 5.34. The predicted molar refractivity (Wildman–Crippen MR) is 157 cm³/mol. The lowest BCUT2D eigenvalue weighted by Crippen LogP contribution is -2.51. The van der Waals surface area contributed by atoms with Crippen LogP contribution in [-0.4, -0.2) is 58.1 Å². The van der Waals surface area contributed by atoms with Gasteiger partial charge >= 0.3 is 12.7 Å². The van der Waals surface area contributed by atoms with E-state index in [2.05, 4.69) is 10.1 Å². The van der Waals surface area contributed by atoms with Gasteiger partial charge in [0.25, 0.3) is 5.91 Å². The Morgan fingerprint density at radius 3 is 2.66 bits per heavy atom. The molecule has 246 valence electrons. The van der Waals surface area contributed by atoms with E-state index in [1.54, 1.807) is 0 Å². The number of aromatic nitrogens is 3. The number of thiophene rings is 1. The van der Waals surface area contributed by atoms with Crippen LogP contribution in [0.3, 0.4) is 0 Å². The summed E-state index contributed by atoms with van der Waals surface area (Å²) in [5.41, 5.74) is -1.29. The molecule has 0 fully saturated rings. The van der Waals surface area contributed by atoms with Gasteiger partial charge in [-0.15, -0.1) is 11.3 Å². The highest BCUT2D eigenvalue weighted by Crippen LogP contribution is 2.49.